The molecule has 0 aliphatic carbocycles. The van der Waals surface area contributed by atoms with Crippen LogP contribution >= 0.6 is 27.5 Å². The average molecular weight is 330 g/mol. The van der Waals surface area contributed by atoms with Crippen molar-refractivity contribution in [3.05, 3.63) is 57.4 Å². The normalized spacial score (nSPS) is 10.2. The number of carbonyl (C=O) groups excluding carboxylic acids is 1. The van der Waals surface area contributed by atoms with Crippen LogP contribution < -0.4 is 5.32 Å². The fourth-order valence-electron chi connectivity index (χ4n) is 1.33. The lowest BCUT2D eigenvalue weighted by atomic mass is 10.2. The number of benzene rings is 1. The largest absolute Gasteiger partial charge is 0.306 e. The number of anilines is 1. The van der Waals surface area contributed by atoms with Gasteiger partial charge in [-0.15, -0.1) is 0 Å². The van der Waals surface area contributed by atoms with Crippen LogP contribution in [0.4, 0.5) is 10.2 Å². The van der Waals surface area contributed by atoms with Crippen molar-refractivity contribution in [2.45, 2.75) is 0 Å². The maximum absolute atomic E-state index is 13.5. The zero-order valence-corrected chi connectivity index (χ0v) is 11.3. The Balaban J connectivity index is 2.24. The minimum Gasteiger partial charge on any atom is -0.306 e. The second kappa shape index (κ2) is 5.46. The quantitative estimate of drug-likeness (QED) is 0.849. The summed E-state index contributed by atoms with van der Waals surface area (Å²) in [6.45, 7) is 0. The lowest BCUT2D eigenvalue weighted by molar-refractivity contribution is 0.102. The van der Waals surface area contributed by atoms with Gasteiger partial charge in [0.15, 0.2) is 0 Å². The summed E-state index contributed by atoms with van der Waals surface area (Å²) in [5.41, 5.74) is -0.121. The van der Waals surface area contributed by atoms with Crippen molar-refractivity contribution in [1.82, 2.24) is 4.98 Å². The molecule has 0 fully saturated rings. The molecule has 1 aromatic heterocycles. The molecule has 1 heterocycles. The summed E-state index contributed by atoms with van der Waals surface area (Å²) in [7, 11) is 0. The molecule has 0 unspecified atom stereocenters. The lowest BCUT2D eigenvalue weighted by Crippen LogP contribution is -2.14. The molecule has 0 bridgehead atoms. The summed E-state index contributed by atoms with van der Waals surface area (Å²) in [5.74, 6) is -0.902. The Kier molecular flexibility index (Phi) is 3.93. The van der Waals surface area contributed by atoms with E-state index in [1.54, 1.807) is 18.2 Å². The molecule has 0 aliphatic rings. The van der Waals surface area contributed by atoms with Gasteiger partial charge in [0, 0.05) is 5.02 Å². The predicted molar refractivity (Wildman–Crippen MR) is 71.3 cm³/mol. The van der Waals surface area contributed by atoms with E-state index in [2.05, 4.69) is 26.2 Å². The molecule has 2 rings (SSSR count). The Morgan fingerprint density at radius 1 is 1.33 bits per heavy atom. The van der Waals surface area contributed by atoms with Crippen LogP contribution in [0.2, 0.25) is 5.02 Å². The van der Waals surface area contributed by atoms with Gasteiger partial charge in [0.05, 0.1) is 5.56 Å². The summed E-state index contributed by atoms with van der Waals surface area (Å²) in [6, 6.07) is 8.82. The highest BCUT2D eigenvalue weighted by Gasteiger charge is 2.13. The number of rotatable bonds is 2. The maximum Gasteiger partial charge on any atom is 0.259 e. The van der Waals surface area contributed by atoms with Crippen LogP contribution in [-0.2, 0) is 0 Å². The van der Waals surface area contributed by atoms with Crippen LogP contribution in [0.3, 0.4) is 0 Å². The van der Waals surface area contributed by atoms with Gasteiger partial charge in [-0.1, -0.05) is 17.7 Å². The first-order chi connectivity index (χ1) is 8.56. The molecule has 92 valence electrons. The Morgan fingerprint density at radius 3 is 2.83 bits per heavy atom. The third kappa shape index (κ3) is 3.05. The van der Waals surface area contributed by atoms with Crippen molar-refractivity contribution in [2.75, 3.05) is 5.32 Å². The molecule has 6 heteroatoms. The molecule has 0 saturated carbocycles. The standard InChI is InChI=1S/C12H7BrClFN2O/c13-10-2-1-3-11(16-10)17-12(18)8-6-7(14)4-5-9(8)15/h1-6H,(H,16,17,18). The van der Waals surface area contributed by atoms with E-state index < -0.39 is 11.7 Å². The van der Waals surface area contributed by atoms with Gasteiger partial charge in [0.2, 0.25) is 0 Å². The first-order valence-electron chi connectivity index (χ1n) is 4.95. The average Bonchev–Trinajstić information content (AvgIpc) is 2.32. The minimum atomic E-state index is -0.633. The molecular weight excluding hydrogens is 322 g/mol. The van der Waals surface area contributed by atoms with Gasteiger partial charge < -0.3 is 5.32 Å². The number of hydrogen-bond acceptors (Lipinski definition) is 2. The molecular formula is C12H7BrClFN2O. The van der Waals surface area contributed by atoms with Gasteiger partial charge >= 0.3 is 0 Å². The fraction of sp³-hybridized carbons (Fsp3) is 0. The van der Waals surface area contributed by atoms with Crippen molar-refractivity contribution >= 4 is 39.3 Å². The van der Waals surface area contributed by atoms with E-state index in [0.717, 1.165) is 6.07 Å². The van der Waals surface area contributed by atoms with Crippen LogP contribution in [0.25, 0.3) is 0 Å². The number of nitrogens with one attached hydrogen (secondary N) is 1. The third-order valence-corrected chi connectivity index (χ3v) is 2.81. The van der Waals surface area contributed by atoms with Gasteiger partial charge in [-0.2, -0.15) is 0 Å². The molecule has 18 heavy (non-hydrogen) atoms. The number of amides is 1. The zero-order chi connectivity index (χ0) is 13.1. The van der Waals surface area contributed by atoms with E-state index in [1.165, 1.54) is 12.1 Å². The SMILES string of the molecule is O=C(Nc1cccc(Br)n1)c1cc(Cl)ccc1F. The summed E-state index contributed by atoms with van der Waals surface area (Å²) >= 11 is 8.90. The number of carbonyl (C=O) groups is 1. The Labute approximate surface area is 116 Å². The molecule has 0 saturated heterocycles. The van der Waals surface area contributed by atoms with Crippen LogP contribution in [0.5, 0.6) is 0 Å². The molecule has 2 aromatic rings. The summed E-state index contributed by atoms with van der Waals surface area (Å²) in [5, 5.41) is 2.78. The number of hydrogen-bond donors (Lipinski definition) is 1. The van der Waals surface area contributed by atoms with Gasteiger partial charge in [-0.05, 0) is 46.3 Å². The van der Waals surface area contributed by atoms with Gasteiger partial charge in [0.1, 0.15) is 16.2 Å². The first-order valence-corrected chi connectivity index (χ1v) is 6.12. The molecule has 0 radical (unpaired) electrons. The highest BCUT2D eigenvalue weighted by atomic mass is 79.9. The number of aromatic nitrogens is 1. The van der Waals surface area contributed by atoms with E-state index in [1.807, 2.05) is 0 Å². The van der Waals surface area contributed by atoms with Crippen molar-refractivity contribution in [1.29, 1.82) is 0 Å². The van der Waals surface area contributed by atoms with Crippen molar-refractivity contribution in [3.8, 4) is 0 Å². The second-order valence-electron chi connectivity index (χ2n) is 3.42. The summed E-state index contributed by atoms with van der Waals surface area (Å²) in [4.78, 5) is 15.9. The van der Waals surface area contributed by atoms with E-state index >= 15 is 0 Å². The van der Waals surface area contributed by atoms with Crippen molar-refractivity contribution in [3.63, 3.8) is 0 Å². The second-order valence-corrected chi connectivity index (χ2v) is 4.67. The van der Waals surface area contributed by atoms with Gasteiger partial charge in [0.25, 0.3) is 5.91 Å². The molecule has 1 N–H and O–H groups in total. The summed E-state index contributed by atoms with van der Waals surface area (Å²) in [6.07, 6.45) is 0. The monoisotopic (exact) mass is 328 g/mol. The van der Waals surface area contributed by atoms with Crippen LogP contribution in [-0.4, -0.2) is 10.9 Å². The Morgan fingerprint density at radius 2 is 2.11 bits per heavy atom. The van der Waals surface area contributed by atoms with Gasteiger partial charge in [-0.25, -0.2) is 9.37 Å². The van der Waals surface area contributed by atoms with Crippen LogP contribution in [0.15, 0.2) is 41.0 Å². The minimum absolute atomic E-state index is 0.121. The molecule has 0 aliphatic heterocycles. The maximum atomic E-state index is 13.5. The topological polar surface area (TPSA) is 42.0 Å². The van der Waals surface area contributed by atoms with Gasteiger partial charge in [-0.3, -0.25) is 4.79 Å². The smallest absolute Gasteiger partial charge is 0.259 e. The number of pyridine rings is 1. The molecule has 0 atom stereocenters. The van der Waals surface area contributed by atoms with Crippen molar-refractivity contribution in [2.24, 2.45) is 0 Å². The molecule has 1 amide bonds. The number of nitrogens with zero attached hydrogens (tertiary/aromatic N) is 1. The van der Waals surface area contributed by atoms with Crippen molar-refractivity contribution < 1.29 is 9.18 Å². The van der Waals surface area contributed by atoms with E-state index in [0.29, 0.717) is 15.4 Å². The summed E-state index contributed by atoms with van der Waals surface area (Å²) < 4.78 is 14.0. The Bertz CT molecular complexity index is 606. The predicted octanol–water partition coefficient (Wildman–Crippen LogP) is 3.89. The molecule has 1 aromatic carbocycles. The lowest BCUT2D eigenvalue weighted by Gasteiger charge is -2.06. The zero-order valence-electron chi connectivity index (χ0n) is 8.95. The van der Waals surface area contributed by atoms with E-state index in [9.17, 15) is 9.18 Å². The molecule has 0 spiro atoms. The highest BCUT2D eigenvalue weighted by Crippen LogP contribution is 2.17. The molecule has 3 nitrogen and oxygen atoms in total. The fourth-order valence-corrected chi connectivity index (χ4v) is 1.85. The van der Waals surface area contributed by atoms with Crippen LogP contribution in [0.1, 0.15) is 10.4 Å². The van der Waals surface area contributed by atoms with E-state index in [-0.39, 0.29) is 5.56 Å². The number of halogens is 3. The highest BCUT2D eigenvalue weighted by molar-refractivity contribution is 9.10. The van der Waals surface area contributed by atoms with Crippen LogP contribution in [0, 0.1) is 5.82 Å². The first kappa shape index (κ1) is 13.0. The third-order valence-electron chi connectivity index (χ3n) is 2.13. The van der Waals surface area contributed by atoms with E-state index in [4.69, 9.17) is 11.6 Å². The Hall–Kier alpha value is -1.46.